The molecule has 5 rings (SSSR count). The van der Waals surface area contributed by atoms with E-state index < -0.39 is 0 Å². The third kappa shape index (κ3) is 2.89. The summed E-state index contributed by atoms with van der Waals surface area (Å²) in [6.07, 6.45) is 7.29. The van der Waals surface area contributed by atoms with Crippen LogP contribution >= 0.6 is 0 Å². The molecule has 3 aromatic rings. The number of fused-ring (bicyclic) bond motifs is 2. The maximum atomic E-state index is 13.1. The molecule has 0 spiro atoms. The van der Waals surface area contributed by atoms with Gasteiger partial charge in [-0.25, -0.2) is 9.50 Å². The number of aryl methyl sites for hydroxylation is 1. The number of nitrogens with zero attached hydrogens (tertiary/aromatic N) is 6. The summed E-state index contributed by atoms with van der Waals surface area (Å²) in [5.74, 6) is -0.358. The molecular weight excluding hydrogens is 384 g/mol. The minimum atomic E-state index is -0.267. The van der Waals surface area contributed by atoms with Gasteiger partial charge in [-0.3, -0.25) is 14.4 Å². The number of amides is 2. The Balaban J connectivity index is 1.49. The average Bonchev–Trinajstić information content (AvgIpc) is 3.44. The first-order chi connectivity index (χ1) is 14.5. The minimum Gasteiger partial charge on any atom is -0.338 e. The molecule has 9 heteroatoms. The van der Waals surface area contributed by atoms with E-state index in [1.165, 1.54) is 15.3 Å². The lowest BCUT2D eigenvalue weighted by Crippen LogP contribution is -2.41. The highest BCUT2D eigenvalue weighted by atomic mass is 16.2. The smallest absolute Gasteiger partial charge is 0.274 e. The molecule has 0 unspecified atom stereocenters. The predicted octanol–water partition coefficient (Wildman–Crippen LogP) is 0.862. The van der Waals surface area contributed by atoms with Crippen LogP contribution in [0.15, 0.2) is 35.5 Å². The Hall–Kier alpha value is -3.49. The molecule has 0 aromatic carbocycles. The number of rotatable bonds is 2. The van der Waals surface area contributed by atoms with E-state index in [9.17, 15) is 14.4 Å². The summed E-state index contributed by atoms with van der Waals surface area (Å²) in [6.45, 7) is 2.15. The van der Waals surface area contributed by atoms with Crippen molar-refractivity contribution in [2.24, 2.45) is 7.05 Å². The van der Waals surface area contributed by atoms with Gasteiger partial charge < -0.3 is 14.4 Å². The van der Waals surface area contributed by atoms with Gasteiger partial charge in [-0.1, -0.05) is 0 Å². The molecule has 1 saturated heterocycles. The first-order valence-electron chi connectivity index (χ1n) is 10.1. The number of aromatic nitrogens is 4. The molecule has 0 bridgehead atoms. The summed E-state index contributed by atoms with van der Waals surface area (Å²) in [6, 6.07) is 3.56. The number of likely N-dealkylation sites (tertiary alicyclic amines) is 1. The molecule has 2 aliphatic rings. The number of hydrogen-bond donors (Lipinski definition) is 0. The van der Waals surface area contributed by atoms with Crippen molar-refractivity contribution in [3.63, 3.8) is 0 Å². The molecule has 9 nitrogen and oxygen atoms in total. The molecule has 154 valence electrons. The second-order valence-electron chi connectivity index (χ2n) is 7.84. The number of imidazole rings is 1. The topological polar surface area (TPSA) is 92.8 Å². The van der Waals surface area contributed by atoms with Crippen LogP contribution in [0.3, 0.4) is 0 Å². The number of carbonyl (C=O) groups is 2. The van der Waals surface area contributed by atoms with Gasteiger partial charge >= 0.3 is 0 Å². The van der Waals surface area contributed by atoms with Crippen molar-refractivity contribution >= 4 is 17.5 Å². The van der Waals surface area contributed by atoms with Crippen molar-refractivity contribution in [1.29, 1.82) is 0 Å². The van der Waals surface area contributed by atoms with Crippen LogP contribution in [0.5, 0.6) is 0 Å². The zero-order valence-corrected chi connectivity index (χ0v) is 16.7. The second kappa shape index (κ2) is 7.08. The Bertz CT molecular complexity index is 1220. The normalized spacial score (nSPS) is 16.2. The van der Waals surface area contributed by atoms with E-state index >= 15 is 0 Å². The molecule has 2 aliphatic heterocycles. The van der Waals surface area contributed by atoms with E-state index in [0.717, 1.165) is 24.0 Å². The molecule has 5 heterocycles. The fourth-order valence-electron chi connectivity index (χ4n) is 4.40. The monoisotopic (exact) mass is 406 g/mol. The van der Waals surface area contributed by atoms with Gasteiger partial charge in [0, 0.05) is 45.6 Å². The van der Waals surface area contributed by atoms with Crippen molar-refractivity contribution < 1.29 is 9.59 Å². The Morgan fingerprint density at radius 2 is 1.87 bits per heavy atom. The van der Waals surface area contributed by atoms with Crippen LogP contribution in [0, 0.1) is 0 Å². The summed E-state index contributed by atoms with van der Waals surface area (Å²) >= 11 is 0. The lowest BCUT2D eigenvalue weighted by molar-refractivity contribution is 0.0724. The van der Waals surface area contributed by atoms with E-state index in [-0.39, 0.29) is 22.9 Å². The minimum absolute atomic E-state index is 0.173. The van der Waals surface area contributed by atoms with Gasteiger partial charge in [-0.05, 0) is 42.5 Å². The molecule has 0 radical (unpaired) electrons. The van der Waals surface area contributed by atoms with Gasteiger partial charge in [0.25, 0.3) is 17.4 Å². The Morgan fingerprint density at radius 1 is 1.07 bits per heavy atom. The Morgan fingerprint density at radius 3 is 2.67 bits per heavy atom. The second-order valence-corrected chi connectivity index (χ2v) is 7.84. The summed E-state index contributed by atoms with van der Waals surface area (Å²) in [5, 5.41) is 4.22. The van der Waals surface area contributed by atoms with E-state index in [1.807, 2.05) is 0 Å². The number of carbonyl (C=O) groups excluding carboxylic acids is 2. The van der Waals surface area contributed by atoms with E-state index in [2.05, 4.69) is 10.1 Å². The first kappa shape index (κ1) is 18.5. The lowest BCUT2D eigenvalue weighted by Gasteiger charge is -2.30. The standard InChI is InChI=1S/C21H22N6O3/c1-24-12-14-13-26(19(28)16-11-22-17-5-4-7-23-27(16)17)10-6-15(14)18(20(24)29)21(30)25-8-2-3-9-25/h4-5,7,11-12H,2-3,6,8-10,13H2,1H3. The quantitative estimate of drug-likeness (QED) is 0.629. The number of hydrogen-bond acceptors (Lipinski definition) is 5. The molecular formula is C21H22N6O3. The zero-order chi connectivity index (χ0) is 20.8. The summed E-state index contributed by atoms with van der Waals surface area (Å²) in [5.41, 5.74) is 2.61. The number of pyridine rings is 1. The van der Waals surface area contributed by atoms with Crippen LogP contribution < -0.4 is 5.56 Å². The largest absolute Gasteiger partial charge is 0.338 e. The maximum Gasteiger partial charge on any atom is 0.274 e. The zero-order valence-electron chi connectivity index (χ0n) is 16.7. The van der Waals surface area contributed by atoms with Gasteiger partial charge in [0.15, 0.2) is 11.3 Å². The maximum absolute atomic E-state index is 13.1. The molecule has 30 heavy (non-hydrogen) atoms. The third-order valence-electron chi connectivity index (χ3n) is 5.96. The molecule has 3 aromatic heterocycles. The fraction of sp³-hybridized carbons (Fsp3) is 0.381. The van der Waals surface area contributed by atoms with Crippen LogP contribution in [0.25, 0.3) is 5.65 Å². The van der Waals surface area contributed by atoms with Crippen molar-refractivity contribution in [2.45, 2.75) is 25.8 Å². The van der Waals surface area contributed by atoms with Crippen molar-refractivity contribution in [2.75, 3.05) is 19.6 Å². The molecule has 0 atom stereocenters. The average molecular weight is 406 g/mol. The lowest BCUT2D eigenvalue weighted by atomic mass is 9.95. The summed E-state index contributed by atoms with van der Waals surface area (Å²) in [7, 11) is 1.65. The van der Waals surface area contributed by atoms with Crippen molar-refractivity contribution in [3.8, 4) is 0 Å². The highest BCUT2D eigenvalue weighted by molar-refractivity contribution is 5.96. The highest BCUT2D eigenvalue weighted by Gasteiger charge is 2.31. The van der Waals surface area contributed by atoms with Crippen molar-refractivity contribution in [3.05, 3.63) is 63.5 Å². The van der Waals surface area contributed by atoms with Gasteiger partial charge in [-0.15, -0.1) is 0 Å². The highest BCUT2D eigenvalue weighted by Crippen LogP contribution is 2.24. The van der Waals surface area contributed by atoms with Crippen LogP contribution in [0.1, 0.15) is 44.8 Å². The fourth-order valence-corrected chi connectivity index (χ4v) is 4.40. The molecule has 0 saturated carbocycles. The van der Waals surface area contributed by atoms with E-state index in [4.69, 9.17) is 0 Å². The van der Waals surface area contributed by atoms with Gasteiger partial charge in [0.1, 0.15) is 5.56 Å². The van der Waals surface area contributed by atoms with Crippen LogP contribution in [-0.4, -0.2) is 60.4 Å². The van der Waals surface area contributed by atoms with Crippen molar-refractivity contribution in [1.82, 2.24) is 29.0 Å². The first-order valence-corrected chi connectivity index (χ1v) is 10.1. The summed E-state index contributed by atoms with van der Waals surface area (Å²) in [4.78, 5) is 46.7. The van der Waals surface area contributed by atoms with Crippen LogP contribution in [0.2, 0.25) is 0 Å². The van der Waals surface area contributed by atoms with E-state index in [1.54, 1.807) is 41.4 Å². The van der Waals surface area contributed by atoms with Gasteiger partial charge in [-0.2, -0.15) is 5.10 Å². The van der Waals surface area contributed by atoms with Crippen LogP contribution in [0.4, 0.5) is 0 Å². The van der Waals surface area contributed by atoms with Crippen LogP contribution in [-0.2, 0) is 20.0 Å². The molecule has 0 N–H and O–H groups in total. The summed E-state index contributed by atoms with van der Waals surface area (Å²) < 4.78 is 2.98. The Kier molecular flexibility index (Phi) is 4.38. The van der Waals surface area contributed by atoms with Gasteiger partial charge in [0.2, 0.25) is 0 Å². The SMILES string of the molecule is Cn1cc2c(c(C(=O)N3CCCC3)c1=O)CCN(C(=O)c1cnc3cccnn13)C2. The molecule has 0 aliphatic carbocycles. The van der Waals surface area contributed by atoms with E-state index in [0.29, 0.717) is 43.9 Å². The third-order valence-corrected chi connectivity index (χ3v) is 5.96. The predicted molar refractivity (Wildman–Crippen MR) is 108 cm³/mol. The molecule has 2 amide bonds. The molecule has 1 fully saturated rings. The van der Waals surface area contributed by atoms with Gasteiger partial charge in [0.05, 0.1) is 6.20 Å². The Labute approximate surface area is 172 Å².